The molecule has 2 heteroatoms. The molecule has 0 fully saturated rings. The van der Waals surface area contributed by atoms with Crippen LogP contribution in [0.25, 0.3) is 0 Å². The van der Waals surface area contributed by atoms with Gasteiger partial charge < -0.3 is 5.73 Å². The highest BCUT2D eigenvalue weighted by Crippen LogP contribution is 2.33. The molecule has 0 aromatic heterocycles. The first-order valence-electron chi connectivity index (χ1n) is 6.04. The SMILES string of the molecule is CC(N)C(=O)CC1CCCc2ccccc21. The van der Waals surface area contributed by atoms with Gasteiger partial charge in [-0.25, -0.2) is 0 Å². The minimum Gasteiger partial charge on any atom is -0.322 e. The second-order valence-electron chi connectivity index (χ2n) is 4.75. The van der Waals surface area contributed by atoms with Gasteiger partial charge >= 0.3 is 0 Å². The van der Waals surface area contributed by atoms with Crippen LogP contribution in [0, 0.1) is 0 Å². The molecule has 0 saturated carbocycles. The molecule has 16 heavy (non-hydrogen) atoms. The predicted molar refractivity (Wildman–Crippen MR) is 65.4 cm³/mol. The minimum absolute atomic E-state index is 0.182. The number of carbonyl (C=O) groups excluding carboxylic acids is 1. The Labute approximate surface area is 96.8 Å². The van der Waals surface area contributed by atoms with Crippen molar-refractivity contribution < 1.29 is 4.79 Å². The Morgan fingerprint density at radius 2 is 2.25 bits per heavy atom. The lowest BCUT2D eigenvalue weighted by atomic mass is 9.80. The Balaban J connectivity index is 2.16. The Kier molecular flexibility index (Phi) is 3.39. The van der Waals surface area contributed by atoms with Crippen molar-refractivity contribution in [1.82, 2.24) is 0 Å². The van der Waals surface area contributed by atoms with E-state index in [1.807, 2.05) is 0 Å². The number of benzene rings is 1. The number of hydrogen-bond donors (Lipinski definition) is 1. The molecule has 1 aromatic carbocycles. The summed E-state index contributed by atoms with van der Waals surface area (Å²) in [7, 11) is 0. The zero-order valence-corrected chi connectivity index (χ0v) is 9.78. The van der Waals surface area contributed by atoms with Gasteiger partial charge in [0.1, 0.15) is 5.78 Å². The van der Waals surface area contributed by atoms with Gasteiger partial charge in [0, 0.05) is 6.42 Å². The van der Waals surface area contributed by atoms with Crippen LogP contribution in [0.15, 0.2) is 24.3 Å². The van der Waals surface area contributed by atoms with Gasteiger partial charge in [0.05, 0.1) is 6.04 Å². The summed E-state index contributed by atoms with van der Waals surface area (Å²) < 4.78 is 0. The Morgan fingerprint density at radius 3 is 3.00 bits per heavy atom. The van der Waals surface area contributed by atoms with Crippen molar-refractivity contribution in [3.63, 3.8) is 0 Å². The summed E-state index contributed by atoms with van der Waals surface area (Å²) in [6.07, 6.45) is 4.07. The molecule has 1 aliphatic carbocycles. The number of aryl methyl sites for hydroxylation is 1. The summed E-state index contributed by atoms with van der Waals surface area (Å²) in [5, 5.41) is 0. The Bertz CT molecular complexity index is 384. The maximum Gasteiger partial charge on any atom is 0.149 e. The van der Waals surface area contributed by atoms with E-state index in [4.69, 9.17) is 5.73 Å². The van der Waals surface area contributed by atoms with E-state index >= 15 is 0 Å². The molecule has 0 saturated heterocycles. The quantitative estimate of drug-likeness (QED) is 0.845. The van der Waals surface area contributed by atoms with Crippen LogP contribution in [0.2, 0.25) is 0 Å². The van der Waals surface area contributed by atoms with Crippen LogP contribution < -0.4 is 5.73 Å². The van der Waals surface area contributed by atoms with Crippen molar-refractivity contribution in [2.75, 3.05) is 0 Å². The zero-order chi connectivity index (χ0) is 11.5. The number of Topliss-reactive ketones (excluding diaryl/α,β-unsaturated/α-hetero) is 1. The maximum absolute atomic E-state index is 11.7. The molecule has 0 spiro atoms. The van der Waals surface area contributed by atoms with Gasteiger partial charge in [0.15, 0.2) is 0 Å². The number of nitrogens with two attached hydrogens (primary N) is 1. The third-order valence-electron chi connectivity index (χ3n) is 3.45. The number of fused-ring (bicyclic) bond motifs is 1. The van der Waals surface area contributed by atoms with E-state index in [0.717, 1.165) is 12.8 Å². The molecule has 1 aromatic rings. The second-order valence-corrected chi connectivity index (χ2v) is 4.75. The molecule has 86 valence electrons. The summed E-state index contributed by atoms with van der Waals surface area (Å²) in [5.74, 6) is 0.574. The fourth-order valence-electron chi connectivity index (χ4n) is 2.50. The zero-order valence-electron chi connectivity index (χ0n) is 9.78. The monoisotopic (exact) mass is 217 g/mol. The normalized spacial score (nSPS) is 21.2. The maximum atomic E-state index is 11.7. The molecule has 2 atom stereocenters. The lowest BCUT2D eigenvalue weighted by molar-refractivity contribution is -0.120. The topological polar surface area (TPSA) is 43.1 Å². The molecule has 0 radical (unpaired) electrons. The highest BCUT2D eigenvalue weighted by Gasteiger charge is 2.23. The van der Waals surface area contributed by atoms with Gasteiger partial charge in [-0.2, -0.15) is 0 Å². The third-order valence-corrected chi connectivity index (χ3v) is 3.45. The summed E-state index contributed by atoms with van der Waals surface area (Å²) in [6, 6.07) is 8.15. The number of carbonyl (C=O) groups is 1. The van der Waals surface area contributed by atoms with E-state index in [0.29, 0.717) is 12.3 Å². The average molecular weight is 217 g/mol. The molecule has 0 heterocycles. The van der Waals surface area contributed by atoms with Gasteiger partial charge in [-0.1, -0.05) is 24.3 Å². The Morgan fingerprint density at radius 1 is 1.50 bits per heavy atom. The first-order chi connectivity index (χ1) is 7.68. The summed E-state index contributed by atoms with van der Waals surface area (Å²) in [6.45, 7) is 1.77. The van der Waals surface area contributed by atoms with Crippen LogP contribution in [0.5, 0.6) is 0 Å². The van der Waals surface area contributed by atoms with Crippen LogP contribution in [-0.4, -0.2) is 11.8 Å². The fraction of sp³-hybridized carbons (Fsp3) is 0.500. The van der Waals surface area contributed by atoms with Crippen molar-refractivity contribution in [2.24, 2.45) is 5.73 Å². The van der Waals surface area contributed by atoms with Gasteiger partial charge in [-0.15, -0.1) is 0 Å². The molecular formula is C14H19NO. The second kappa shape index (κ2) is 4.79. The number of hydrogen-bond acceptors (Lipinski definition) is 2. The van der Waals surface area contributed by atoms with Gasteiger partial charge in [-0.3, -0.25) is 4.79 Å². The lowest BCUT2D eigenvalue weighted by Gasteiger charge is -2.25. The fourth-order valence-corrected chi connectivity index (χ4v) is 2.50. The Hall–Kier alpha value is -1.15. The number of rotatable bonds is 3. The number of ketones is 1. The molecule has 2 nitrogen and oxygen atoms in total. The third kappa shape index (κ3) is 2.33. The predicted octanol–water partition coefficient (Wildman–Crippen LogP) is 2.41. The molecule has 2 N–H and O–H groups in total. The molecule has 0 bridgehead atoms. The van der Waals surface area contributed by atoms with E-state index in [1.165, 1.54) is 17.5 Å². The molecule has 0 amide bonds. The van der Waals surface area contributed by atoms with Crippen LogP contribution in [0.4, 0.5) is 0 Å². The van der Waals surface area contributed by atoms with Crippen molar-refractivity contribution in [1.29, 1.82) is 0 Å². The highest BCUT2D eigenvalue weighted by atomic mass is 16.1. The van der Waals surface area contributed by atoms with E-state index in [-0.39, 0.29) is 11.8 Å². The van der Waals surface area contributed by atoms with Gasteiger partial charge in [0.25, 0.3) is 0 Å². The standard InChI is InChI=1S/C14H19NO/c1-10(15)14(16)9-12-7-4-6-11-5-2-3-8-13(11)12/h2-3,5,8,10,12H,4,6-7,9,15H2,1H3. The average Bonchev–Trinajstić information content (AvgIpc) is 2.29. The smallest absolute Gasteiger partial charge is 0.149 e. The van der Waals surface area contributed by atoms with Crippen LogP contribution >= 0.6 is 0 Å². The van der Waals surface area contributed by atoms with Gasteiger partial charge in [-0.05, 0) is 43.2 Å². The van der Waals surface area contributed by atoms with Crippen LogP contribution in [0.3, 0.4) is 0 Å². The molecular weight excluding hydrogens is 198 g/mol. The summed E-state index contributed by atoms with van der Waals surface area (Å²) >= 11 is 0. The van der Waals surface area contributed by atoms with Crippen molar-refractivity contribution >= 4 is 5.78 Å². The largest absolute Gasteiger partial charge is 0.322 e. The van der Waals surface area contributed by atoms with E-state index in [2.05, 4.69) is 24.3 Å². The molecule has 2 unspecified atom stereocenters. The van der Waals surface area contributed by atoms with Gasteiger partial charge in [0.2, 0.25) is 0 Å². The minimum atomic E-state index is -0.325. The summed E-state index contributed by atoms with van der Waals surface area (Å²) in [4.78, 5) is 11.7. The molecule has 2 rings (SSSR count). The van der Waals surface area contributed by atoms with Crippen molar-refractivity contribution in [3.05, 3.63) is 35.4 Å². The first-order valence-corrected chi connectivity index (χ1v) is 6.04. The first kappa shape index (κ1) is 11.3. The summed E-state index contributed by atoms with van der Waals surface area (Å²) in [5.41, 5.74) is 8.40. The van der Waals surface area contributed by atoms with Crippen molar-refractivity contribution in [3.8, 4) is 0 Å². The molecule has 1 aliphatic rings. The van der Waals surface area contributed by atoms with E-state index < -0.39 is 0 Å². The lowest BCUT2D eigenvalue weighted by Crippen LogP contribution is -2.28. The van der Waals surface area contributed by atoms with Crippen LogP contribution in [-0.2, 0) is 11.2 Å². The highest BCUT2D eigenvalue weighted by molar-refractivity contribution is 5.84. The van der Waals surface area contributed by atoms with Crippen LogP contribution in [0.1, 0.15) is 43.2 Å². The molecule has 0 aliphatic heterocycles. The van der Waals surface area contributed by atoms with Crippen molar-refractivity contribution in [2.45, 2.75) is 44.6 Å². The van der Waals surface area contributed by atoms with E-state index in [9.17, 15) is 4.79 Å². The van der Waals surface area contributed by atoms with E-state index in [1.54, 1.807) is 6.92 Å².